The van der Waals surface area contributed by atoms with Crippen LogP contribution in [0.4, 0.5) is 5.69 Å². The molecule has 1 nitrogen and oxygen atoms in total. The first-order valence-electron chi connectivity index (χ1n) is 3.89. The summed E-state index contributed by atoms with van der Waals surface area (Å²) in [5, 5.41) is 0. The second-order valence-corrected chi connectivity index (χ2v) is 3.80. The van der Waals surface area contributed by atoms with Crippen molar-refractivity contribution < 1.29 is 12.4 Å². The minimum absolute atomic E-state index is 0. The van der Waals surface area contributed by atoms with Crippen molar-refractivity contribution in [1.29, 1.82) is 0 Å². The lowest BCUT2D eigenvalue weighted by molar-refractivity contribution is -0.00000266. The maximum absolute atomic E-state index is 2.18. The smallest absolute Gasteiger partial charge is 0.135 e. The van der Waals surface area contributed by atoms with Crippen LogP contribution < -0.4 is 16.9 Å². The van der Waals surface area contributed by atoms with Crippen LogP contribution in [0, 0.1) is 6.92 Å². The number of halogens is 1. The van der Waals surface area contributed by atoms with E-state index in [0.29, 0.717) is 0 Å². The Morgan fingerprint density at radius 1 is 1.00 bits per heavy atom. The molecule has 1 aromatic carbocycles. The van der Waals surface area contributed by atoms with E-state index in [1.807, 2.05) is 0 Å². The van der Waals surface area contributed by atoms with Crippen molar-refractivity contribution in [2.75, 3.05) is 21.1 Å². The lowest BCUT2D eigenvalue weighted by atomic mass is 10.2. The highest BCUT2D eigenvalue weighted by atomic mass is 35.5. The second kappa shape index (κ2) is 3.92. The van der Waals surface area contributed by atoms with Crippen LogP contribution in [0.3, 0.4) is 0 Å². The summed E-state index contributed by atoms with van der Waals surface area (Å²) in [4.78, 5) is 0. The van der Waals surface area contributed by atoms with Crippen LogP contribution in [-0.4, -0.2) is 21.1 Å². The van der Waals surface area contributed by atoms with Crippen molar-refractivity contribution in [2.24, 2.45) is 0 Å². The third-order valence-electron chi connectivity index (χ3n) is 1.84. The van der Waals surface area contributed by atoms with Crippen molar-refractivity contribution in [1.82, 2.24) is 4.48 Å². The molecule has 0 N–H and O–H groups in total. The van der Waals surface area contributed by atoms with E-state index >= 15 is 0 Å². The summed E-state index contributed by atoms with van der Waals surface area (Å²) >= 11 is 0. The SMILES string of the molecule is Cc1ccccc1[N+](C)(C)C.[Cl-]. The zero-order chi connectivity index (χ0) is 8.48. The zero-order valence-corrected chi connectivity index (χ0v) is 8.89. The molecule has 1 aromatic rings. The molecule has 68 valence electrons. The number of benzene rings is 1. The fourth-order valence-electron chi connectivity index (χ4n) is 1.32. The van der Waals surface area contributed by atoms with Gasteiger partial charge >= 0.3 is 0 Å². The van der Waals surface area contributed by atoms with Gasteiger partial charge in [0.2, 0.25) is 0 Å². The maximum atomic E-state index is 2.18. The molecule has 0 fully saturated rings. The summed E-state index contributed by atoms with van der Waals surface area (Å²) in [6.45, 7) is 2.15. The Morgan fingerprint density at radius 3 is 1.83 bits per heavy atom. The quantitative estimate of drug-likeness (QED) is 0.503. The molecule has 0 spiro atoms. The van der Waals surface area contributed by atoms with Crippen LogP contribution >= 0.6 is 0 Å². The molecule has 0 aromatic heterocycles. The van der Waals surface area contributed by atoms with Crippen LogP contribution in [0.25, 0.3) is 0 Å². The first-order chi connectivity index (χ1) is 5.02. The highest BCUT2D eigenvalue weighted by Crippen LogP contribution is 2.20. The predicted molar refractivity (Wildman–Crippen MR) is 50.7 cm³/mol. The highest BCUT2D eigenvalue weighted by molar-refractivity contribution is 5.48. The average molecular weight is 186 g/mol. The Labute approximate surface area is 81.0 Å². The van der Waals surface area contributed by atoms with Gasteiger partial charge in [-0.3, -0.25) is 4.48 Å². The summed E-state index contributed by atoms with van der Waals surface area (Å²) in [6.07, 6.45) is 0. The van der Waals surface area contributed by atoms with Crippen molar-refractivity contribution in [3.05, 3.63) is 29.8 Å². The van der Waals surface area contributed by atoms with Gasteiger partial charge in [-0.2, -0.15) is 0 Å². The molecule has 0 unspecified atom stereocenters. The number of para-hydroxylation sites is 1. The maximum Gasteiger partial charge on any atom is 0.135 e. The Hall–Kier alpha value is -0.530. The van der Waals surface area contributed by atoms with Crippen molar-refractivity contribution in [3.8, 4) is 0 Å². The predicted octanol–water partition coefficient (Wildman–Crippen LogP) is -0.804. The zero-order valence-electron chi connectivity index (χ0n) is 8.13. The van der Waals surface area contributed by atoms with Gasteiger partial charge in [0.15, 0.2) is 0 Å². The van der Waals surface area contributed by atoms with Gasteiger partial charge < -0.3 is 12.4 Å². The molecular formula is C10H16ClN. The monoisotopic (exact) mass is 185 g/mol. The second-order valence-electron chi connectivity index (χ2n) is 3.80. The first-order valence-corrected chi connectivity index (χ1v) is 3.89. The van der Waals surface area contributed by atoms with Crippen molar-refractivity contribution in [2.45, 2.75) is 6.92 Å². The molecule has 0 aliphatic carbocycles. The number of rotatable bonds is 1. The molecule has 0 aliphatic rings. The number of hydrogen-bond acceptors (Lipinski definition) is 0. The Kier molecular flexibility index (Phi) is 3.75. The van der Waals surface area contributed by atoms with E-state index in [2.05, 4.69) is 52.3 Å². The van der Waals surface area contributed by atoms with Gasteiger partial charge in [0.1, 0.15) is 5.69 Å². The fraction of sp³-hybridized carbons (Fsp3) is 0.400. The van der Waals surface area contributed by atoms with Gasteiger partial charge in [0, 0.05) is 5.56 Å². The van der Waals surface area contributed by atoms with Crippen molar-refractivity contribution in [3.63, 3.8) is 0 Å². The van der Waals surface area contributed by atoms with Gasteiger partial charge in [-0.15, -0.1) is 0 Å². The van der Waals surface area contributed by atoms with E-state index in [1.165, 1.54) is 11.3 Å². The number of quaternary nitrogens is 1. The molecular weight excluding hydrogens is 170 g/mol. The molecule has 1 rings (SSSR count). The number of hydrogen-bond donors (Lipinski definition) is 0. The normalized spacial score (nSPS) is 10.7. The molecule has 0 saturated heterocycles. The third kappa shape index (κ3) is 2.50. The molecule has 2 heteroatoms. The summed E-state index contributed by atoms with van der Waals surface area (Å²) in [7, 11) is 6.55. The summed E-state index contributed by atoms with van der Waals surface area (Å²) < 4.78 is 0.896. The van der Waals surface area contributed by atoms with E-state index < -0.39 is 0 Å². The third-order valence-corrected chi connectivity index (χ3v) is 1.84. The van der Waals surface area contributed by atoms with E-state index in [9.17, 15) is 0 Å². The molecule has 0 radical (unpaired) electrons. The van der Waals surface area contributed by atoms with Gasteiger partial charge in [0.05, 0.1) is 21.1 Å². The van der Waals surface area contributed by atoms with E-state index in [-0.39, 0.29) is 12.4 Å². The summed E-state index contributed by atoms with van der Waals surface area (Å²) in [5.74, 6) is 0. The minimum Gasteiger partial charge on any atom is -1.00 e. The van der Waals surface area contributed by atoms with Crippen molar-refractivity contribution >= 4 is 5.69 Å². The van der Waals surface area contributed by atoms with E-state index in [0.717, 1.165) is 4.48 Å². The van der Waals surface area contributed by atoms with Gasteiger partial charge in [-0.05, 0) is 13.0 Å². The fourth-order valence-corrected chi connectivity index (χ4v) is 1.32. The van der Waals surface area contributed by atoms with Gasteiger partial charge in [-0.25, -0.2) is 0 Å². The lowest BCUT2D eigenvalue weighted by Crippen LogP contribution is -3.00. The number of nitrogens with zero attached hydrogens (tertiary/aromatic N) is 1. The van der Waals surface area contributed by atoms with Gasteiger partial charge in [0.25, 0.3) is 0 Å². The van der Waals surface area contributed by atoms with Crippen LogP contribution in [-0.2, 0) is 0 Å². The standard InChI is InChI=1S/C10H16N.ClH/c1-9-7-5-6-8-10(9)11(2,3)4;/h5-8H,1-4H3;1H/q+1;/p-1. The van der Waals surface area contributed by atoms with E-state index in [1.54, 1.807) is 0 Å². The van der Waals surface area contributed by atoms with Crippen LogP contribution in [0.5, 0.6) is 0 Å². The lowest BCUT2D eigenvalue weighted by Gasteiger charge is -2.24. The summed E-state index contributed by atoms with van der Waals surface area (Å²) in [6, 6.07) is 8.49. The van der Waals surface area contributed by atoms with Gasteiger partial charge in [-0.1, -0.05) is 18.2 Å². The van der Waals surface area contributed by atoms with Crippen LogP contribution in [0.1, 0.15) is 5.56 Å². The molecule has 0 amide bonds. The molecule has 0 saturated carbocycles. The highest BCUT2D eigenvalue weighted by Gasteiger charge is 2.13. The molecule has 0 bridgehead atoms. The first kappa shape index (κ1) is 11.5. The molecule has 0 heterocycles. The average Bonchev–Trinajstić information content (AvgIpc) is 1.86. The van der Waals surface area contributed by atoms with Crippen LogP contribution in [0.2, 0.25) is 0 Å². The summed E-state index contributed by atoms with van der Waals surface area (Å²) in [5.41, 5.74) is 2.74. The molecule has 12 heavy (non-hydrogen) atoms. The molecule has 0 atom stereocenters. The Balaban J connectivity index is 0.00000121. The minimum atomic E-state index is 0. The number of aryl methyl sites for hydroxylation is 1. The van der Waals surface area contributed by atoms with Crippen LogP contribution in [0.15, 0.2) is 24.3 Å². The topological polar surface area (TPSA) is 0 Å². The largest absolute Gasteiger partial charge is 1.00 e. The van der Waals surface area contributed by atoms with E-state index in [4.69, 9.17) is 0 Å². The molecule has 0 aliphatic heterocycles. The Bertz CT molecular complexity index is 250. The Morgan fingerprint density at radius 2 is 1.50 bits per heavy atom.